The Morgan fingerprint density at radius 1 is 1.10 bits per heavy atom. The van der Waals surface area contributed by atoms with Crippen LogP contribution in [0.5, 0.6) is 0 Å². The molecular weight excluding hydrogens is 534 g/mol. The molecular formula is C34H43NO7. The highest BCUT2D eigenvalue weighted by atomic mass is 16.6. The summed E-state index contributed by atoms with van der Waals surface area (Å²) in [5, 5.41) is 20.0. The predicted octanol–water partition coefficient (Wildman–Crippen LogP) is 5.93. The highest BCUT2D eigenvalue weighted by Crippen LogP contribution is 2.69. The van der Waals surface area contributed by atoms with Gasteiger partial charge in [0.25, 0.3) is 6.47 Å². The van der Waals surface area contributed by atoms with Gasteiger partial charge < -0.3 is 14.6 Å². The molecule has 0 bridgehead atoms. The van der Waals surface area contributed by atoms with E-state index in [-0.39, 0.29) is 75.5 Å². The molecule has 5 aliphatic rings. The molecule has 1 N–H and O–H groups in total. The Bertz CT molecular complexity index is 1360. The summed E-state index contributed by atoms with van der Waals surface area (Å²) in [7, 11) is 0. The van der Waals surface area contributed by atoms with E-state index >= 15 is 0 Å². The number of esters is 1. The van der Waals surface area contributed by atoms with E-state index in [1.807, 2.05) is 19.1 Å². The Hall–Kier alpha value is -3.21. The maximum Gasteiger partial charge on any atom is 0.312 e. The van der Waals surface area contributed by atoms with Gasteiger partial charge in [-0.05, 0) is 86.5 Å². The number of aliphatic hydroxyl groups is 1. The lowest BCUT2D eigenvalue weighted by atomic mass is 9.39. The van der Waals surface area contributed by atoms with Gasteiger partial charge in [-0.3, -0.25) is 19.2 Å². The van der Waals surface area contributed by atoms with Gasteiger partial charge in [-0.1, -0.05) is 46.3 Å². The van der Waals surface area contributed by atoms with Crippen LogP contribution in [0.2, 0.25) is 0 Å². The zero-order valence-electron chi connectivity index (χ0n) is 25.6. The topological polar surface area (TPSA) is 131 Å². The zero-order valence-corrected chi connectivity index (χ0v) is 25.6. The highest BCUT2D eigenvalue weighted by molar-refractivity contribution is 6.02. The van der Waals surface area contributed by atoms with Crippen LogP contribution in [0.1, 0.15) is 86.5 Å². The Morgan fingerprint density at radius 3 is 2.45 bits per heavy atom. The minimum absolute atomic E-state index is 0.0233. The van der Waals surface area contributed by atoms with E-state index in [0.717, 1.165) is 24.8 Å². The molecule has 3 saturated carbocycles. The molecule has 0 radical (unpaired) electrons. The minimum atomic E-state index is -0.839. The van der Waals surface area contributed by atoms with Crippen molar-refractivity contribution in [3.05, 3.63) is 34.8 Å². The van der Waals surface area contributed by atoms with Crippen LogP contribution in [0.4, 0.5) is 0 Å². The number of nitriles is 1. The third-order valence-corrected chi connectivity index (χ3v) is 12.1. The van der Waals surface area contributed by atoms with E-state index < -0.39 is 23.4 Å². The predicted molar refractivity (Wildman–Crippen MR) is 153 cm³/mol. The lowest BCUT2D eigenvalue weighted by Gasteiger charge is -2.63. The van der Waals surface area contributed by atoms with Crippen molar-refractivity contribution in [1.29, 1.82) is 5.26 Å². The first-order valence-corrected chi connectivity index (χ1v) is 15.2. The molecule has 8 nitrogen and oxygen atoms in total. The van der Waals surface area contributed by atoms with Crippen LogP contribution < -0.4 is 0 Å². The second-order valence-electron chi connectivity index (χ2n) is 14.7. The van der Waals surface area contributed by atoms with Gasteiger partial charge in [-0.25, -0.2) is 0 Å². The van der Waals surface area contributed by atoms with Crippen molar-refractivity contribution in [2.45, 2.75) is 86.5 Å². The molecule has 0 heterocycles. The van der Waals surface area contributed by atoms with Crippen molar-refractivity contribution in [3.8, 4) is 6.07 Å². The van der Waals surface area contributed by atoms with Crippen molar-refractivity contribution >= 4 is 24.0 Å². The van der Waals surface area contributed by atoms with Crippen LogP contribution in [0, 0.1) is 62.6 Å². The first-order valence-electron chi connectivity index (χ1n) is 15.2. The molecule has 0 amide bonds. The van der Waals surface area contributed by atoms with Crippen molar-refractivity contribution in [2.24, 2.45) is 51.2 Å². The summed E-state index contributed by atoms with van der Waals surface area (Å²) in [5.74, 6) is -1.60. The Kier molecular flexibility index (Phi) is 7.35. The molecule has 8 heteroatoms. The normalized spacial score (nSPS) is 40.8. The number of ketones is 2. The molecule has 226 valence electrons. The molecule has 0 aromatic carbocycles. The highest BCUT2D eigenvalue weighted by Gasteiger charge is 2.66. The van der Waals surface area contributed by atoms with Crippen LogP contribution >= 0.6 is 0 Å². The molecule has 0 aliphatic heterocycles. The van der Waals surface area contributed by atoms with Gasteiger partial charge in [0.2, 0.25) is 0 Å². The third kappa shape index (κ3) is 4.37. The molecule has 5 aliphatic carbocycles. The van der Waals surface area contributed by atoms with Crippen molar-refractivity contribution < 1.29 is 33.8 Å². The summed E-state index contributed by atoms with van der Waals surface area (Å²) < 4.78 is 10.4. The standard InChI is InChI=1S/C34H43NO7/c1-19-22-7-9-32(5)23-8-10-34(30(40)41-17-26(38)20(2)42-18-36)12-11-31(3,4)15-24(34)28(23)25(37)13-27(32)33(22,6)14-21(16-35)29(19)39/h13-14,18-19,22-24,28,38H,7-12,15,17H2,1-6H3/b26-20-/t19-,22?,23?,24?,28?,32+,33+,34-/m1/s1. The maximum absolute atomic E-state index is 14.3. The maximum atomic E-state index is 14.3. The van der Waals surface area contributed by atoms with Crippen LogP contribution in [0.15, 0.2) is 34.8 Å². The van der Waals surface area contributed by atoms with Gasteiger partial charge in [0.15, 0.2) is 23.9 Å². The number of aliphatic hydroxyl groups excluding tert-OH is 1. The average Bonchev–Trinajstić information content (AvgIpc) is 2.94. The van der Waals surface area contributed by atoms with Crippen LogP contribution in [0.25, 0.3) is 0 Å². The van der Waals surface area contributed by atoms with E-state index in [2.05, 4.69) is 33.8 Å². The molecule has 0 spiro atoms. The quantitative estimate of drug-likeness (QED) is 0.242. The summed E-state index contributed by atoms with van der Waals surface area (Å²) in [6.07, 6.45) is 8.76. The number of ether oxygens (including phenoxy) is 2. The number of nitrogens with zero attached hydrogens (tertiary/aromatic N) is 1. The van der Waals surface area contributed by atoms with Crippen LogP contribution in [-0.2, 0) is 28.7 Å². The second kappa shape index (κ2) is 10.2. The Balaban J connectivity index is 1.54. The monoisotopic (exact) mass is 577 g/mol. The van der Waals surface area contributed by atoms with Gasteiger partial charge in [0, 0.05) is 17.3 Å². The summed E-state index contributed by atoms with van der Waals surface area (Å²) in [6, 6.07) is 2.12. The summed E-state index contributed by atoms with van der Waals surface area (Å²) in [4.78, 5) is 51.8. The number of rotatable bonds is 5. The SMILES string of the molecule is C/C(OC=O)=C(/O)COC(=O)[C@@]12CCC3C(C(=O)C=C4[C@@]5(C)C=C(C#N)C(=O)[C@H](C)C5CC[C@]43C)C1CC(C)(C)CC2. The van der Waals surface area contributed by atoms with Crippen LogP contribution in [0.3, 0.4) is 0 Å². The van der Waals surface area contributed by atoms with Crippen molar-refractivity contribution in [2.75, 3.05) is 6.61 Å². The van der Waals surface area contributed by atoms with E-state index in [1.54, 1.807) is 0 Å². The summed E-state index contributed by atoms with van der Waals surface area (Å²) >= 11 is 0. The largest absolute Gasteiger partial charge is 0.506 e. The number of fused-ring (bicyclic) bond motifs is 7. The third-order valence-electron chi connectivity index (χ3n) is 12.1. The molecule has 4 unspecified atom stereocenters. The lowest BCUT2D eigenvalue weighted by Crippen LogP contribution is -2.61. The van der Waals surface area contributed by atoms with E-state index in [9.17, 15) is 29.5 Å². The van der Waals surface area contributed by atoms with Crippen LogP contribution in [-0.4, -0.2) is 35.7 Å². The first-order chi connectivity index (χ1) is 19.6. The van der Waals surface area contributed by atoms with E-state index in [0.29, 0.717) is 25.7 Å². The fraction of sp³-hybridized carbons (Fsp3) is 0.676. The van der Waals surface area contributed by atoms with E-state index in [1.165, 1.54) is 6.92 Å². The molecule has 5 rings (SSSR count). The number of hydrogen-bond donors (Lipinski definition) is 1. The van der Waals surface area contributed by atoms with Gasteiger partial charge in [0.05, 0.1) is 11.0 Å². The number of carbonyl (C=O) groups excluding carboxylic acids is 4. The van der Waals surface area contributed by atoms with Crippen molar-refractivity contribution in [1.82, 2.24) is 0 Å². The van der Waals surface area contributed by atoms with Crippen molar-refractivity contribution in [3.63, 3.8) is 0 Å². The fourth-order valence-electron chi connectivity index (χ4n) is 9.77. The number of carbonyl (C=O) groups is 4. The lowest BCUT2D eigenvalue weighted by molar-refractivity contribution is -0.180. The minimum Gasteiger partial charge on any atom is -0.506 e. The number of allylic oxidation sites excluding steroid dienone is 5. The van der Waals surface area contributed by atoms with Gasteiger partial charge in [0.1, 0.15) is 11.8 Å². The fourth-order valence-corrected chi connectivity index (χ4v) is 9.77. The Morgan fingerprint density at radius 2 is 1.79 bits per heavy atom. The molecule has 0 aromatic rings. The molecule has 42 heavy (non-hydrogen) atoms. The first kappa shape index (κ1) is 30.3. The summed E-state index contributed by atoms with van der Waals surface area (Å²) in [6.45, 7) is 11.9. The average molecular weight is 578 g/mol. The molecule has 8 atom stereocenters. The smallest absolute Gasteiger partial charge is 0.312 e. The van der Waals surface area contributed by atoms with Gasteiger partial charge in [-0.2, -0.15) is 5.26 Å². The zero-order chi connectivity index (χ0) is 30.8. The Labute approximate surface area is 248 Å². The summed E-state index contributed by atoms with van der Waals surface area (Å²) in [5.41, 5.74) is -0.527. The molecule has 0 aromatic heterocycles. The molecule has 0 saturated heterocycles. The van der Waals surface area contributed by atoms with E-state index in [4.69, 9.17) is 9.47 Å². The van der Waals surface area contributed by atoms with Gasteiger partial charge in [-0.15, -0.1) is 0 Å². The second-order valence-corrected chi connectivity index (χ2v) is 14.7. The number of hydrogen-bond acceptors (Lipinski definition) is 8. The molecule has 3 fully saturated rings. The number of Topliss-reactive ketones (excluding diaryl/α,β-unsaturated/α-hetero) is 1. The van der Waals surface area contributed by atoms with Gasteiger partial charge >= 0.3 is 5.97 Å².